The lowest BCUT2D eigenvalue weighted by Crippen LogP contribution is -2.18. The molecule has 0 saturated carbocycles. The zero-order valence-electron chi connectivity index (χ0n) is 17.1. The molecule has 3 aromatic rings. The third kappa shape index (κ3) is 3.12. The Morgan fingerprint density at radius 1 is 0.821 bits per heavy atom. The first-order valence-electron chi connectivity index (χ1n) is 9.02. The van der Waals surface area contributed by atoms with Gasteiger partial charge in [-0.15, -0.1) is 15.0 Å². The molecule has 0 atom stereocenters. The molecule has 0 fully saturated rings. The van der Waals surface area contributed by atoms with E-state index in [1.807, 2.05) is 47.6 Å². The molecule has 3 rings (SSSR count). The molecule has 0 saturated heterocycles. The number of nitrogens with zero attached hydrogens (tertiary/aromatic N) is 3. The van der Waals surface area contributed by atoms with Crippen molar-refractivity contribution in [3.8, 4) is 11.4 Å². The zero-order valence-corrected chi connectivity index (χ0v) is 17.1. The van der Waals surface area contributed by atoms with Crippen molar-refractivity contribution in [1.29, 1.82) is 0 Å². The fourth-order valence-corrected chi connectivity index (χ4v) is 3.03. The number of hydrogen-bond acceptors (Lipinski definition) is 3. The molecule has 0 amide bonds. The van der Waals surface area contributed by atoms with Gasteiger partial charge in [-0.25, -0.2) is 13.2 Å². The Bertz CT molecular complexity index is 1040. The number of aromatic nitrogens is 3. The Labute approximate surface area is 162 Å². The lowest BCUT2D eigenvalue weighted by atomic mass is 9.80. The molecule has 0 aliphatic carbocycles. The van der Waals surface area contributed by atoms with Gasteiger partial charge in [0.15, 0.2) is 28.5 Å². The third-order valence-electron chi connectivity index (χ3n) is 4.86. The van der Waals surface area contributed by atoms with Crippen LogP contribution in [0.15, 0.2) is 12.1 Å². The summed E-state index contributed by atoms with van der Waals surface area (Å²) in [5.74, 6) is -3.61. The molecule has 0 unspecified atom stereocenters. The summed E-state index contributed by atoms with van der Waals surface area (Å²) in [5.41, 5.74) is -0.271. The monoisotopic (exact) mass is 391 g/mol. The minimum absolute atomic E-state index is 0.0844. The van der Waals surface area contributed by atoms with Gasteiger partial charge in [-0.2, -0.15) is 0 Å². The molecule has 28 heavy (non-hydrogen) atoms. The van der Waals surface area contributed by atoms with Crippen LogP contribution in [0.2, 0.25) is 0 Å². The van der Waals surface area contributed by atoms with Crippen LogP contribution in [0.4, 0.5) is 13.2 Å². The van der Waals surface area contributed by atoms with Crippen molar-refractivity contribution in [3.05, 3.63) is 46.3 Å². The molecule has 0 spiro atoms. The van der Waals surface area contributed by atoms with Gasteiger partial charge in [-0.05, 0) is 29.4 Å². The normalized spacial score (nSPS) is 12.8. The van der Waals surface area contributed by atoms with Crippen LogP contribution in [0.3, 0.4) is 0 Å². The molecular formula is C21H24F3N3O. The predicted molar refractivity (Wildman–Crippen MR) is 103 cm³/mol. The van der Waals surface area contributed by atoms with Crippen LogP contribution in [0.25, 0.3) is 16.7 Å². The average molecular weight is 391 g/mol. The van der Waals surface area contributed by atoms with Gasteiger partial charge in [0, 0.05) is 11.1 Å². The summed E-state index contributed by atoms with van der Waals surface area (Å²) in [4.78, 5) is 0.968. The Balaban J connectivity index is 2.38. The fourth-order valence-electron chi connectivity index (χ4n) is 3.03. The van der Waals surface area contributed by atoms with Gasteiger partial charge in [0.1, 0.15) is 11.4 Å². The number of phenols is 1. The van der Waals surface area contributed by atoms with Crippen LogP contribution in [0.1, 0.15) is 58.2 Å². The van der Waals surface area contributed by atoms with E-state index in [0.717, 1.165) is 17.3 Å². The molecule has 1 heterocycles. The summed E-state index contributed by atoms with van der Waals surface area (Å²) >= 11 is 0. The van der Waals surface area contributed by atoms with Gasteiger partial charge in [0.05, 0.1) is 0 Å². The smallest absolute Gasteiger partial charge is 0.189 e. The summed E-state index contributed by atoms with van der Waals surface area (Å²) in [6, 6.07) is 3.59. The SMILES string of the molecule is Cc1c(F)c(F)c2nn(-c3cc(C(C)(C)C)cc(C(C)(C)C)c3O)nc2c1F. The van der Waals surface area contributed by atoms with Crippen molar-refractivity contribution >= 4 is 11.0 Å². The molecule has 2 aromatic carbocycles. The maximum atomic E-state index is 14.4. The number of fused-ring (bicyclic) bond motifs is 1. The molecule has 1 aromatic heterocycles. The third-order valence-corrected chi connectivity index (χ3v) is 4.86. The first-order chi connectivity index (χ1) is 12.7. The van der Waals surface area contributed by atoms with Crippen LogP contribution in [0.5, 0.6) is 5.75 Å². The Hall–Kier alpha value is -2.57. The Kier molecular flexibility index (Phi) is 4.48. The standard InChI is InChI=1S/C21H24F3N3O/c1-10-14(22)16(24)18-17(15(10)23)25-27(26-18)13-9-11(20(2,3)4)8-12(19(13)28)21(5,6)7/h8-9,28H,1-7H3. The van der Waals surface area contributed by atoms with E-state index in [9.17, 15) is 18.3 Å². The highest BCUT2D eigenvalue weighted by atomic mass is 19.2. The highest BCUT2D eigenvalue weighted by Gasteiger charge is 2.28. The van der Waals surface area contributed by atoms with Gasteiger partial charge in [-0.1, -0.05) is 47.6 Å². The molecule has 0 bridgehead atoms. The summed E-state index contributed by atoms with van der Waals surface area (Å²) in [5, 5.41) is 18.8. The second-order valence-electron chi connectivity index (χ2n) is 9.15. The minimum Gasteiger partial charge on any atom is -0.505 e. The topological polar surface area (TPSA) is 50.9 Å². The Morgan fingerprint density at radius 3 is 1.86 bits per heavy atom. The van der Waals surface area contributed by atoms with Crippen molar-refractivity contribution in [2.75, 3.05) is 0 Å². The first kappa shape index (κ1) is 20.2. The van der Waals surface area contributed by atoms with Crippen molar-refractivity contribution in [2.45, 2.75) is 59.3 Å². The van der Waals surface area contributed by atoms with Crippen molar-refractivity contribution < 1.29 is 18.3 Å². The van der Waals surface area contributed by atoms with Gasteiger partial charge in [0.25, 0.3) is 0 Å². The molecule has 7 heteroatoms. The molecule has 4 nitrogen and oxygen atoms in total. The Morgan fingerprint density at radius 2 is 1.36 bits per heavy atom. The van der Waals surface area contributed by atoms with Crippen LogP contribution in [-0.2, 0) is 10.8 Å². The van der Waals surface area contributed by atoms with Crippen LogP contribution in [0, 0.1) is 24.4 Å². The number of halogens is 3. The van der Waals surface area contributed by atoms with Crippen molar-refractivity contribution in [3.63, 3.8) is 0 Å². The summed E-state index contributed by atoms with van der Waals surface area (Å²) < 4.78 is 42.6. The summed E-state index contributed by atoms with van der Waals surface area (Å²) in [6.07, 6.45) is 0. The van der Waals surface area contributed by atoms with E-state index in [0.29, 0.717) is 5.56 Å². The predicted octanol–water partition coefficient (Wildman–Crippen LogP) is 5.45. The van der Waals surface area contributed by atoms with Gasteiger partial charge in [0.2, 0.25) is 0 Å². The molecule has 0 radical (unpaired) electrons. The number of benzene rings is 2. The second kappa shape index (κ2) is 6.22. The van der Waals surface area contributed by atoms with E-state index < -0.39 is 33.9 Å². The number of aromatic hydroxyl groups is 1. The molecule has 0 aliphatic rings. The molecule has 0 aliphatic heterocycles. The van der Waals surface area contributed by atoms with Crippen LogP contribution >= 0.6 is 0 Å². The maximum absolute atomic E-state index is 14.4. The van der Waals surface area contributed by atoms with E-state index in [1.54, 1.807) is 6.07 Å². The molecular weight excluding hydrogens is 367 g/mol. The van der Waals surface area contributed by atoms with E-state index in [4.69, 9.17) is 0 Å². The largest absolute Gasteiger partial charge is 0.505 e. The lowest BCUT2D eigenvalue weighted by Gasteiger charge is -2.27. The summed E-state index contributed by atoms with van der Waals surface area (Å²) in [6.45, 7) is 13.0. The molecule has 150 valence electrons. The van der Waals surface area contributed by atoms with E-state index >= 15 is 0 Å². The minimum atomic E-state index is -1.29. The quantitative estimate of drug-likeness (QED) is 0.562. The second-order valence-corrected chi connectivity index (χ2v) is 9.15. The number of rotatable bonds is 1. The maximum Gasteiger partial charge on any atom is 0.189 e. The van der Waals surface area contributed by atoms with E-state index in [2.05, 4.69) is 10.2 Å². The number of hydrogen-bond donors (Lipinski definition) is 1. The van der Waals surface area contributed by atoms with Crippen LogP contribution in [-0.4, -0.2) is 20.1 Å². The summed E-state index contributed by atoms with van der Waals surface area (Å²) in [7, 11) is 0. The molecule has 1 N–H and O–H groups in total. The first-order valence-corrected chi connectivity index (χ1v) is 9.02. The number of phenolic OH excluding ortho intramolecular Hbond substituents is 1. The van der Waals surface area contributed by atoms with E-state index in [1.165, 1.54) is 0 Å². The highest BCUT2D eigenvalue weighted by molar-refractivity contribution is 5.77. The van der Waals surface area contributed by atoms with Crippen molar-refractivity contribution in [1.82, 2.24) is 15.0 Å². The fraction of sp³-hybridized carbons (Fsp3) is 0.429. The van der Waals surface area contributed by atoms with Crippen molar-refractivity contribution in [2.24, 2.45) is 0 Å². The van der Waals surface area contributed by atoms with Gasteiger partial charge >= 0.3 is 0 Å². The van der Waals surface area contributed by atoms with Gasteiger partial charge < -0.3 is 5.11 Å². The van der Waals surface area contributed by atoms with Crippen LogP contribution < -0.4 is 0 Å². The van der Waals surface area contributed by atoms with Gasteiger partial charge in [-0.3, -0.25) is 0 Å². The zero-order chi connectivity index (χ0) is 21.2. The highest BCUT2D eigenvalue weighted by Crippen LogP contribution is 2.39. The average Bonchev–Trinajstić information content (AvgIpc) is 3.01. The lowest BCUT2D eigenvalue weighted by molar-refractivity contribution is 0.438. The van der Waals surface area contributed by atoms with E-state index in [-0.39, 0.29) is 22.4 Å².